The second-order valence-electron chi connectivity index (χ2n) is 2.25. The van der Waals surface area contributed by atoms with Gasteiger partial charge in [-0.1, -0.05) is 13.3 Å². The fourth-order valence-electron chi connectivity index (χ4n) is 0.783. The molecule has 1 amide bonds. The molecule has 4 heteroatoms. The first-order valence-corrected chi connectivity index (χ1v) is 4.30. The summed E-state index contributed by atoms with van der Waals surface area (Å²) < 4.78 is 0. The van der Waals surface area contributed by atoms with Crippen LogP contribution in [0.4, 0.5) is 0 Å². The molecule has 0 aliphatic rings. The second kappa shape index (κ2) is 3.48. The number of aryl methyl sites for hydroxylation is 1. The van der Waals surface area contributed by atoms with Crippen LogP contribution in [0.3, 0.4) is 0 Å². The van der Waals surface area contributed by atoms with E-state index in [1.807, 2.05) is 0 Å². The number of rotatable bonds is 3. The molecule has 0 aliphatic heterocycles. The first-order chi connectivity index (χ1) is 5.24. The van der Waals surface area contributed by atoms with Crippen molar-refractivity contribution in [2.75, 3.05) is 0 Å². The third kappa shape index (κ3) is 2.01. The van der Waals surface area contributed by atoms with E-state index in [9.17, 15) is 4.79 Å². The van der Waals surface area contributed by atoms with Crippen molar-refractivity contribution in [3.8, 4) is 0 Å². The maximum absolute atomic E-state index is 10.6. The molecule has 1 aromatic rings. The topological polar surface area (TPSA) is 56.0 Å². The van der Waals surface area contributed by atoms with E-state index < -0.39 is 5.91 Å². The third-order valence-electron chi connectivity index (χ3n) is 1.26. The molecule has 0 aromatic carbocycles. The van der Waals surface area contributed by atoms with E-state index in [-0.39, 0.29) is 0 Å². The van der Waals surface area contributed by atoms with E-state index in [2.05, 4.69) is 11.9 Å². The summed E-state index contributed by atoms with van der Waals surface area (Å²) in [7, 11) is 0. The lowest BCUT2D eigenvalue weighted by Gasteiger charge is -1.86. The van der Waals surface area contributed by atoms with Crippen LogP contribution in [0, 0.1) is 0 Å². The number of carbonyl (C=O) groups excluding carboxylic acids is 1. The van der Waals surface area contributed by atoms with Gasteiger partial charge in [0, 0.05) is 11.1 Å². The zero-order valence-electron chi connectivity index (χ0n) is 6.33. The Morgan fingerprint density at radius 1 is 1.82 bits per heavy atom. The van der Waals surface area contributed by atoms with Crippen molar-refractivity contribution in [1.29, 1.82) is 0 Å². The van der Waals surface area contributed by atoms with Gasteiger partial charge in [0.15, 0.2) is 5.01 Å². The minimum atomic E-state index is -0.433. The molecule has 1 rings (SSSR count). The van der Waals surface area contributed by atoms with Gasteiger partial charge in [-0.25, -0.2) is 4.98 Å². The summed E-state index contributed by atoms with van der Waals surface area (Å²) in [5, 5.41) is 0.411. The van der Waals surface area contributed by atoms with Crippen LogP contribution in [0.25, 0.3) is 0 Å². The van der Waals surface area contributed by atoms with E-state index in [0.29, 0.717) is 5.01 Å². The Bertz CT molecular complexity index is 257. The number of nitrogens with zero attached hydrogens (tertiary/aromatic N) is 1. The average molecular weight is 170 g/mol. The summed E-state index contributed by atoms with van der Waals surface area (Å²) in [6.07, 6.45) is 3.76. The van der Waals surface area contributed by atoms with Crippen LogP contribution in [-0.2, 0) is 6.42 Å². The lowest BCUT2D eigenvalue weighted by atomic mass is 10.3. The molecule has 1 heterocycles. The molecule has 0 aliphatic carbocycles. The van der Waals surface area contributed by atoms with Gasteiger partial charge in [-0.05, 0) is 6.42 Å². The van der Waals surface area contributed by atoms with Gasteiger partial charge in [0.25, 0.3) is 5.91 Å². The largest absolute Gasteiger partial charge is 0.364 e. The Labute approximate surface area is 69.3 Å². The van der Waals surface area contributed by atoms with Crippen molar-refractivity contribution in [2.24, 2.45) is 5.73 Å². The second-order valence-corrected chi connectivity index (χ2v) is 3.36. The highest BCUT2D eigenvalue weighted by Crippen LogP contribution is 2.13. The van der Waals surface area contributed by atoms with Crippen LogP contribution in [-0.4, -0.2) is 10.9 Å². The SMILES string of the molecule is CCCc1cnc(C(N)=O)s1. The maximum Gasteiger partial charge on any atom is 0.277 e. The number of hydrogen-bond donors (Lipinski definition) is 1. The number of aromatic nitrogens is 1. The van der Waals surface area contributed by atoms with Crippen molar-refractivity contribution in [3.05, 3.63) is 16.1 Å². The number of carbonyl (C=O) groups is 1. The standard InChI is InChI=1S/C7H10N2OS/c1-2-3-5-4-9-7(11-5)6(8)10/h4H,2-3H2,1H3,(H2,8,10). The average Bonchev–Trinajstić information content (AvgIpc) is 2.37. The van der Waals surface area contributed by atoms with Gasteiger partial charge in [-0.2, -0.15) is 0 Å². The normalized spacial score (nSPS) is 9.91. The fourth-order valence-corrected chi connectivity index (χ4v) is 1.65. The summed E-state index contributed by atoms with van der Waals surface area (Å²) >= 11 is 1.38. The molecule has 0 atom stereocenters. The molecule has 0 radical (unpaired) electrons. The van der Waals surface area contributed by atoms with Crippen molar-refractivity contribution in [3.63, 3.8) is 0 Å². The quantitative estimate of drug-likeness (QED) is 0.740. The maximum atomic E-state index is 10.6. The highest BCUT2D eigenvalue weighted by molar-refractivity contribution is 7.13. The molecule has 0 fully saturated rings. The number of thiazole rings is 1. The summed E-state index contributed by atoms with van der Waals surface area (Å²) in [5.74, 6) is -0.433. The predicted octanol–water partition coefficient (Wildman–Crippen LogP) is 1.19. The van der Waals surface area contributed by atoms with E-state index >= 15 is 0 Å². The minimum Gasteiger partial charge on any atom is -0.364 e. The van der Waals surface area contributed by atoms with E-state index in [1.165, 1.54) is 11.3 Å². The number of nitrogens with two attached hydrogens (primary N) is 1. The van der Waals surface area contributed by atoms with Crippen molar-refractivity contribution in [1.82, 2.24) is 4.98 Å². The molecule has 3 nitrogen and oxygen atoms in total. The van der Waals surface area contributed by atoms with Crippen LogP contribution >= 0.6 is 11.3 Å². The molecule has 2 N–H and O–H groups in total. The highest BCUT2D eigenvalue weighted by Gasteiger charge is 2.05. The van der Waals surface area contributed by atoms with Gasteiger partial charge in [0.2, 0.25) is 0 Å². The van der Waals surface area contributed by atoms with Gasteiger partial charge in [0.05, 0.1) is 0 Å². The molecule has 0 bridgehead atoms. The molecule has 0 spiro atoms. The molecular formula is C7H10N2OS. The lowest BCUT2D eigenvalue weighted by molar-refractivity contribution is 0.1000. The molecule has 0 unspecified atom stereocenters. The Balaban J connectivity index is 2.73. The molecule has 1 aromatic heterocycles. The monoisotopic (exact) mass is 170 g/mol. The van der Waals surface area contributed by atoms with E-state index in [0.717, 1.165) is 17.7 Å². The van der Waals surface area contributed by atoms with Gasteiger partial charge in [-0.3, -0.25) is 4.79 Å². The summed E-state index contributed by atoms with van der Waals surface area (Å²) in [6.45, 7) is 2.09. The molecular weight excluding hydrogens is 160 g/mol. The van der Waals surface area contributed by atoms with Gasteiger partial charge in [-0.15, -0.1) is 11.3 Å². The van der Waals surface area contributed by atoms with Crippen molar-refractivity contribution < 1.29 is 4.79 Å². The van der Waals surface area contributed by atoms with Crippen LogP contribution in [0.5, 0.6) is 0 Å². The fraction of sp³-hybridized carbons (Fsp3) is 0.429. The Morgan fingerprint density at radius 3 is 3.00 bits per heavy atom. The molecule has 60 valence electrons. The Hall–Kier alpha value is -0.900. The van der Waals surface area contributed by atoms with Crippen LogP contribution in [0.1, 0.15) is 28.0 Å². The molecule has 11 heavy (non-hydrogen) atoms. The molecule has 0 saturated carbocycles. The number of primary amides is 1. The Kier molecular flexibility index (Phi) is 2.59. The smallest absolute Gasteiger partial charge is 0.277 e. The number of hydrogen-bond acceptors (Lipinski definition) is 3. The van der Waals surface area contributed by atoms with Crippen molar-refractivity contribution >= 4 is 17.2 Å². The summed E-state index contributed by atoms with van der Waals surface area (Å²) in [5.41, 5.74) is 5.03. The first-order valence-electron chi connectivity index (χ1n) is 3.48. The highest BCUT2D eigenvalue weighted by atomic mass is 32.1. The number of amides is 1. The van der Waals surface area contributed by atoms with Gasteiger partial charge in [0.1, 0.15) is 0 Å². The minimum absolute atomic E-state index is 0.411. The first kappa shape index (κ1) is 8.20. The van der Waals surface area contributed by atoms with Gasteiger partial charge >= 0.3 is 0 Å². The summed E-state index contributed by atoms with van der Waals surface area (Å²) in [6, 6.07) is 0. The Morgan fingerprint density at radius 2 is 2.55 bits per heavy atom. The predicted molar refractivity (Wildman–Crippen MR) is 44.6 cm³/mol. The summed E-state index contributed by atoms with van der Waals surface area (Å²) in [4.78, 5) is 15.6. The van der Waals surface area contributed by atoms with Crippen molar-refractivity contribution in [2.45, 2.75) is 19.8 Å². The zero-order valence-corrected chi connectivity index (χ0v) is 7.15. The van der Waals surface area contributed by atoms with Gasteiger partial charge < -0.3 is 5.73 Å². The van der Waals surface area contributed by atoms with Crippen LogP contribution in [0.15, 0.2) is 6.20 Å². The third-order valence-corrected chi connectivity index (χ3v) is 2.33. The van der Waals surface area contributed by atoms with E-state index in [4.69, 9.17) is 5.73 Å². The zero-order chi connectivity index (χ0) is 8.27. The van der Waals surface area contributed by atoms with E-state index in [1.54, 1.807) is 6.20 Å². The molecule has 0 saturated heterocycles. The van der Waals surface area contributed by atoms with Crippen LogP contribution in [0.2, 0.25) is 0 Å². The lowest BCUT2D eigenvalue weighted by Crippen LogP contribution is -2.09. The van der Waals surface area contributed by atoms with Crippen LogP contribution < -0.4 is 5.73 Å².